The maximum atomic E-state index is 11.7. The van der Waals surface area contributed by atoms with Crippen LogP contribution in [0.5, 0.6) is 0 Å². The Balaban J connectivity index is 2.33. The van der Waals surface area contributed by atoms with Crippen molar-refractivity contribution in [2.75, 3.05) is 6.54 Å². The lowest BCUT2D eigenvalue weighted by atomic mass is 10.1. The summed E-state index contributed by atoms with van der Waals surface area (Å²) in [6.45, 7) is 2.34. The van der Waals surface area contributed by atoms with Gasteiger partial charge in [0.2, 0.25) is 5.91 Å². The van der Waals surface area contributed by atoms with Gasteiger partial charge < -0.3 is 16.2 Å². The van der Waals surface area contributed by atoms with Gasteiger partial charge in [-0.25, -0.2) is 0 Å². The molecular weight excluding hydrogens is 208 g/mol. The molecule has 92 valence electrons. The van der Waals surface area contributed by atoms with Crippen molar-refractivity contribution in [1.82, 2.24) is 5.32 Å². The number of nitrogens with one attached hydrogen (secondary N) is 1. The maximum absolute atomic E-state index is 11.7. The standard InChI is InChI=1S/C11H20N2O3/c1-7(4-5-12)10(14)13-9-3-2-8(6-9)11(15)16/h7-9H,2-6,12H2,1H3,(H,13,14)(H,15,16). The van der Waals surface area contributed by atoms with Crippen molar-refractivity contribution in [3.8, 4) is 0 Å². The molecule has 0 aromatic carbocycles. The molecule has 0 saturated heterocycles. The van der Waals surface area contributed by atoms with E-state index in [-0.39, 0.29) is 23.8 Å². The van der Waals surface area contributed by atoms with Gasteiger partial charge in [-0.3, -0.25) is 9.59 Å². The minimum atomic E-state index is -0.758. The smallest absolute Gasteiger partial charge is 0.306 e. The molecule has 0 spiro atoms. The van der Waals surface area contributed by atoms with Crippen molar-refractivity contribution in [1.29, 1.82) is 0 Å². The van der Waals surface area contributed by atoms with Gasteiger partial charge >= 0.3 is 5.97 Å². The quantitative estimate of drug-likeness (QED) is 0.632. The molecule has 1 saturated carbocycles. The third kappa shape index (κ3) is 3.48. The molecule has 0 radical (unpaired) electrons. The fraction of sp³-hybridized carbons (Fsp3) is 0.818. The zero-order valence-electron chi connectivity index (χ0n) is 9.61. The number of aliphatic carboxylic acids is 1. The van der Waals surface area contributed by atoms with Crippen molar-refractivity contribution in [2.24, 2.45) is 17.6 Å². The normalized spacial score (nSPS) is 26.4. The number of carboxylic acids is 1. The van der Waals surface area contributed by atoms with E-state index < -0.39 is 5.97 Å². The molecule has 1 aliphatic carbocycles. The lowest BCUT2D eigenvalue weighted by Gasteiger charge is -2.16. The average molecular weight is 228 g/mol. The van der Waals surface area contributed by atoms with Crippen LogP contribution in [0.1, 0.15) is 32.6 Å². The fourth-order valence-electron chi connectivity index (χ4n) is 2.06. The van der Waals surface area contributed by atoms with Crippen LogP contribution in [-0.2, 0) is 9.59 Å². The van der Waals surface area contributed by atoms with Crippen LogP contribution >= 0.6 is 0 Å². The third-order valence-electron chi connectivity index (χ3n) is 3.18. The summed E-state index contributed by atoms with van der Waals surface area (Å²) < 4.78 is 0. The van der Waals surface area contributed by atoms with Gasteiger partial charge in [0.05, 0.1) is 5.92 Å². The van der Waals surface area contributed by atoms with Gasteiger partial charge in [0.25, 0.3) is 0 Å². The maximum Gasteiger partial charge on any atom is 0.306 e. The summed E-state index contributed by atoms with van der Waals surface area (Å²) in [6.07, 6.45) is 2.64. The zero-order valence-corrected chi connectivity index (χ0v) is 9.61. The lowest BCUT2D eigenvalue weighted by molar-refractivity contribution is -0.141. The van der Waals surface area contributed by atoms with E-state index >= 15 is 0 Å². The Morgan fingerprint density at radius 3 is 2.69 bits per heavy atom. The summed E-state index contributed by atoms with van der Waals surface area (Å²) in [4.78, 5) is 22.4. The van der Waals surface area contributed by atoms with E-state index in [1.165, 1.54) is 0 Å². The molecule has 4 N–H and O–H groups in total. The topological polar surface area (TPSA) is 92.4 Å². The van der Waals surface area contributed by atoms with E-state index in [9.17, 15) is 9.59 Å². The van der Waals surface area contributed by atoms with Crippen LogP contribution in [0.4, 0.5) is 0 Å². The third-order valence-corrected chi connectivity index (χ3v) is 3.18. The average Bonchev–Trinajstić information content (AvgIpc) is 2.66. The monoisotopic (exact) mass is 228 g/mol. The second-order valence-corrected chi connectivity index (χ2v) is 4.53. The first kappa shape index (κ1) is 13.0. The highest BCUT2D eigenvalue weighted by Crippen LogP contribution is 2.25. The largest absolute Gasteiger partial charge is 0.481 e. The van der Waals surface area contributed by atoms with Crippen molar-refractivity contribution in [2.45, 2.75) is 38.6 Å². The highest BCUT2D eigenvalue weighted by atomic mass is 16.4. The Morgan fingerprint density at radius 1 is 1.50 bits per heavy atom. The van der Waals surface area contributed by atoms with Gasteiger partial charge in [-0.15, -0.1) is 0 Å². The first-order valence-electron chi connectivity index (χ1n) is 5.77. The minimum absolute atomic E-state index is 0.0125. The molecule has 0 bridgehead atoms. The van der Waals surface area contributed by atoms with Gasteiger partial charge in [-0.1, -0.05) is 6.92 Å². The highest BCUT2D eigenvalue weighted by Gasteiger charge is 2.31. The van der Waals surface area contributed by atoms with E-state index in [0.717, 1.165) is 6.42 Å². The number of rotatable bonds is 5. The van der Waals surface area contributed by atoms with Gasteiger partial charge in [-0.05, 0) is 32.2 Å². The molecule has 1 aliphatic rings. The number of hydrogen-bond acceptors (Lipinski definition) is 3. The fourth-order valence-corrected chi connectivity index (χ4v) is 2.06. The van der Waals surface area contributed by atoms with Crippen LogP contribution in [0.15, 0.2) is 0 Å². The Labute approximate surface area is 95.4 Å². The Bertz CT molecular complexity index is 268. The zero-order chi connectivity index (χ0) is 12.1. The number of nitrogens with two attached hydrogens (primary N) is 1. The summed E-state index contributed by atoms with van der Waals surface area (Å²) >= 11 is 0. The first-order valence-corrected chi connectivity index (χ1v) is 5.77. The van der Waals surface area contributed by atoms with E-state index in [4.69, 9.17) is 10.8 Å². The summed E-state index contributed by atoms with van der Waals surface area (Å²) in [5.41, 5.74) is 5.38. The van der Waals surface area contributed by atoms with Crippen LogP contribution in [0, 0.1) is 11.8 Å². The molecule has 1 fully saturated rings. The molecule has 1 rings (SSSR count). The molecular formula is C11H20N2O3. The molecule has 0 aliphatic heterocycles. The number of carbonyl (C=O) groups excluding carboxylic acids is 1. The summed E-state index contributed by atoms with van der Waals surface area (Å²) in [5, 5.41) is 11.7. The first-order chi connectivity index (χ1) is 7.54. The minimum Gasteiger partial charge on any atom is -0.481 e. The van der Waals surface area contributed by atoms with Gasteiger partial charge in [-0.2, -0.15) is 0 Å². The Hall–Kier alpha value is -1.10. The number of carboxylic acid groups (broad SMARTS) is 1. The number of carbonyl (C=O) groups is 2. The van der Waals surface area contributed by atoms with Gasteiger partial charge in [0.1, 0.15) is 0 Å². The summed E-state index contributed by atoms with van der Waals surface area (Å²) in [7, 11) is 0. The van der Waals surface area contributed by atoms with Crippen molar-refractivity contribution in [3.05, 3.63) is 0 Å². The Kier molecular flexibility index (Phi) is 4.73. The van der Waals surface area contributed by atoms with Crippen LogP contribution in [0.2, 0.25) is 0 Å². The molecule has 3 unspecified atom stereocenters. The second-order valence-electron chi connectivity index (χ2n) is 4.53. The Morgan fingerprint density at radius 2 is 2.19 bits per heavy atom. The van der Waals surface area contributed by atoms with E-state index in [1.807, 2.05) is 6.92 Å². The van der Waals surface area contributed by atoms with Gasteiger partial charge in [0, 0.05) is 12.0 Å². The summed E-state index contributed by atoms with van der Waals surface area (Å²) in [5.74, 6) is -1.16. The molecule has 0 heterocycles. The van der Waals surface area contributed by atoms with Crippen LogP contribution in [-0.4, -0.2) is 29.6 Å². The molecule has 16 heavy (non-hydrogen) atoms. The molecule has 5 nitrogen and oxygen atoms in total. The van der Waals surface area contributed by atoms with Crippen molar-refractivity contribution >= 4 is 11.9 Å². The van der Waals surface area contributed by atoms with Crippen LogP contribution < -0.4 is 11.1 Å². The number of amides is 1. The SMILES string of the molecule is CC(CCN)C(=O)NC1CCC(C(=O)O)C1. The predicted molar refractivity (Wildman–Crippen MR) is 59.7 cm³/mol. The van der Waals surface area contributed by atoms with Crippen molar-refractivity contribution < 1.29 is 14.7 Å². The van der Waals surface area contributed by atoms with E-state index in [2.05, 4.69) is 5.32 Å². The highest BCUT2D eigenvalue weighted by molar-refractivity contribution is 5.79. The predicted octanol–water partition coefficient (Wildman–Crippen LogP) is 0.341. The van der Waals surface area contributed by atoms with Crippen LogP contribution in [0.3, 0.4) is 0 Å². The number of hydrogen-bond donors (Lipinski definition) is 3. The lowest BCUT2D eigenvalue weighted by Crippen LogP contribution is -2.37. The molecule has 1 amide bonds. The van der Waals surface area contributed by atoms with E-state index in [1.54, 1.807) is 0 Å². The summed E-state index contributed by atoms with van der Waals surface area (Å²) in [6, 6.07) is 0.0221. The van der Waals surface area contributed by atoms with Gasteiger partial charge in [0.15, 0.2) is 0 Å². The molecule has 5 heteroatoms. The molecule has 0 aromatic rings. The van der Waals surface area contributed by atoms with E-state index in [0.29, 0.717) is 25.8 Å². The van der Waals surface area contributed by atoms with Crippen molar-refractivity contribution in [3.63, 3.8) is 0 Å². The molecule has 3 atom stereocenters. The second kappa shape index (κ2) is 5.84. The van der Waals surface area contributed by atoms with Crippen LogP contribution in [0.25, 0.3) is 0 Å². The molecule has 0 aromatic heterocycles.